The number of aromatic hydroxyl groups is 1. The molecule has 3 rings (SSSR count). The quantitative estimate of drug-likeness (QED) is 0.534. The summed E-state index contributed by atoms with van der Waals surface area (Å²) in [5.74, 6) is -0.544. The number of rotatable bonds is 5. The second kappa shape index (κ2) is 7.88. The number of para-hydroxylation sites is 2. The second-order valence-electron chi connectivity index (χ2n) is 5.51. The third-order valence-corrected chi connectivity index (χ3v) is 4.56. The molecule has 0 saturated carbocycles. The maximum atomic E-state index is 13.1. The van der Waals surface area contributed by atoms with Crippen LogP contribution in [0.2, 0.25) is 0 Å². The minimum absolute atomic E-state index is 0.168. The molecule has 0 saturated heterocycles. The van der Waals surface area contributed by atoms with Gasteiger partial charge in [-0.1, -0.05) is 48.2 Å². The zero-order valence-corrected chi connectivity index (χ0v) is 14.8. The molecule has 7 heteroatoms. The van der Waals surface area contributed by atoms with Crippen molar-refractivity contribution in [3.8, 4) is 5.88 Å². The van der Waals surface area contributed by atoms with Crippen molar-refractivity contribution < 1.29 is 9.90 Å². The molecule has 0 spiro atoms. The van der Waals surface area contributed by atoms with Crippen molar-refractivity contribution in [2.45, 2.75) is 17.3 Å². The second-order valence-corrected chi connectivity index (χ2v) is 6.84. The fraction of sp³-hybridized carbons (Fsp3) is 0.105. The zero-order chi connectivity index (χ0) is 18.5. The van der Waals surface area contributed by atoms with Gasteiger partial charge in [0.05, 0.1) is 11.3 Å². The number of H-pyrrole nitrogens is 1. The van der Waals surface area contributed by atoms with Crippen LogP contribution in [0.3, 0.4) is 0 Å². The van der Waals surface area contributed by atoms with Crippen molar-refractivity contribution >= 4 is 29.0 Å². The number of aromatic amines is 1. The molecular weight excluding hydrogens is 350 g/mol. The maximum Gasteiger partial charge on any atom is 0.255 e. The van der Waals surface area contributed by atoms with Gasteiger partial charge in [-0.3, -0.25) is 14.5 Å². The smallest absolute Gasteiger partial charge is 0.255 e. The van der Waals surface area contributed by atoms with Crippen LogP contribution < -0.4 is 10.5 Å². The highest BCUT2D eigenvalue weighted by atomic mass is 32.2. The topological polar surface area (TPSA) is 86.3 Å². The van der Waals surface area contributed by atoms with Crippen molar-refractivity contribution in [1.29, 1.82) is 0 Å². The lowest BCUT2D eigenvalue weighted by Gasteiger charge is -2.25. The molecule has 26 heavy (non-hydrogen) atoms. The largest absolute Gasteiger partial charge is 0.493 e. The Bertz CT molecular complexity index is 906. The Balaban J connectivity index is 1.91. The number of carbonyl (C=O) groups is 1. The minimum atomic E-state index is -0.541. The summed E-state index contributed by atoms with van der Waals surface area (Å²) >= 11 is 1.08. The van der Waals surface area contributed by atoms with E-state index in [1.807, 2.05) is 60.7 Å². The number of carbonyl (C=O) groups excluding carboxylic acids is 1. The molecule has 1 atom stereocenters. The SMILES string of the molecule is CC(Sc1nc(O)cc(=O)[nH]1)C(=O)N(c1ccccc1)c1ccccc1. The Labute approximate surface area is 154 Å². The Morgan fingerprint density at radius 2 is 1.62 bits per heavy atom. The molecule has 0 aliphatic rings. The molecule has 6 nitrogen and oxygen atoms in total. The average molecular weight is 367 g/mol. The van der Waals surface area contributed by atoms with Gasteiger partial charge in [-0.2, -0.15) is 4.98 Å². The Morgan fingerprint density at radius 3 is 2.12 bits per heavy atom. The summed E-state index contributed by atoms with van der Waals surface area (Å²) in [6.45, 7) is 1.73. The van der Waals surface area contributed by atoms with Crippen molar-refractivity contribution in [2.75, 3.05) is 4.90 Å². The monoisotopic (exact) mass is 367 g/mol. The van der Waals surface area contributed by atoms with E-state index in [1.165, 1.54) is 0 Å². The number of anilines is 2. The van der Waals surface area contributed by atoms with E-state index in [0.29, 0.717) is 0 Å². The lowest BCUT2D eigenvalue weighted by atomic mass is 10.2. The lowest BCUT2D eigenvalue weighted by molar-refractivity contribution is -0.117. The first-order valence-electron chi connectivity index (χ1n) is 7.95. The number of thioether (sulfide) groups is 1. The summed E-state index contributed by atoms with van der Waals surface area (Å²) in [6, 6.07) is 19.6. The van der Waals surface area contributed by atoms with E-state index < -0.39 is 10.8 Å². The lowest BCUT2D eigenvalue weighted by Crippen LogP contribution is -2.33. The maximum absolute atomic E-state index is 13.1. The van der Waals surface area contributed by atoms with Crippen LogP contribution in [0.1, 0.15) is 6.92 Å². The molecule has 1 heterocycles. The number of benzene rings is 2. The van der Waals surface area contributed by atoms with Crippen LogP contribution in [0.15, 0.2) is 76.7 Å². The fourth-order valence-corrected chi connectivity index (χ4v) is 3.28. The molecule has 132 valence electrons. The van der Waals surface area contributed by atoms with E-state index in [9.17, 15) is 14.7 Å². The Hall–Kier alpha value is -3.06. The van der Waals surface area contributed by atoms with Gasteiger partial charge >= 0.3 is 0 Å². The van der Waals surface area contributed by atoms with Crippen LogP contribution in [-0.2, 0) is 4.79 Å². The Kier molecular flexibility index (Phi) is 5.38. The van der Waals surface area contributed by atoms with Gasteiger partial charge in [-0.25, -0.2) is 0 Å². The van der Waals surface area contributed by atoms with E-state index in [2.05, 4.69) is 9.97 Å². The predicted octanol–water partition coefficient (Wildman–Crippen LogP) is 3.32. The number of aromatic nitrogens is 2. The molecular formula is C19H17N3O3S. The summed E-state index contributed by atoms with van der Waals surface area (Å²) < 4.78 is 0. The van der Waals surface area contributed by atoms with E-state index in [4.69, 9.17) is 0 Å². The molecule has 0 radical (unpaired) electrons. The van der Waals surface area contributed by atoms with E-state index in [-0.39, 0.29) is 16.9 Å². The van der Waals surface area contributed by atoms with Crippen molar-refractivity contribution in [3.63, 3.8) is 0 Å². The van der Waals surface area contributed by atoms with Gasteiger partial charge in [0.2, 0.25) is 11.8 Å². The fourth-order valence-electron chi connectivity index (χ4n) is 2.44. The Morgan fingerprint density at radius 1 is 1.08 bits per heavy atom. The van der Waals surface area contributed by atoms with Gasteiger partial charge in [0, 0.05) is 11.4 Å². The predicted molar refractivity (Wildman–Crippen MR) is 102 cm³/mol. The molecule has 0 aliphatic carbocycles. The van der Waals surface area contributed by atoms with Gasteiger partial charge < -0.3 is 10.1 Å². The molecule has 2 aromatic carbocycles. The highest BCUT2D eigenvalue weighted by molar-refractivity contribution is 8.00. The standard InChI is InChI=1S/C19H17N3O3S/c1-13(26-19-20-16(23)12-17(24)21-19)18(25)22(14-8-4-2-5-9-14)15-10-6-3-7-11-15/h2-13H,1H3,(H2,20,21,23,24). The number of nitrogens with one attached hydrogen (secondary N) is 1. The molecule has 3 aromatic rings. The number of amides is 1. The minimum Gasteiger partial charge on any atom is -0.493 e. The normalized spacial score (nSPS) is 11.7. The first-order chi connectivity index (χ1) is 12.5. The van der Waals surface area contributed by atoms with E-state index in [0.717, 1.165) is 29.2 Å². The third kappa shape index (κ3) is 4.12. The average Bonchev–Trinajstić information content (AvgIpc) is 2.63. The number of nitrogens with zero attached hydrogens (tertiary/aromatic N) is 2. The number of hydrogen-bond acceptors (Lipinski definition) is 5. The zero-order valence-electron chi connectivity index (χ0n) is 14.0. The van der Waals surface area contributed by atoms with Crippen LogP contribution in [0, 0.1) is 0 Å². The molecule has 1 aromatic heterocycles. The highest BCUT2D eigenvalue weighted by Crippen LogP contribution is 2.29. The van der Waals surface area contributed by atoms with Crippen LogP contribution in [0.4, 0.5) is 11.4 Å². The molecule has 1 amide bonds. The summed E-state index contributed by atoms with van der Waals surface area (Å²) in [5.41, 5.74) is 1.02. The number of hydrogen-bond donors (Lipinski definition) is 2. The molecule has 0 aliphatic heterocycles. The van der Waals surface area contributed by atoms with Crippen LogP contribution in [-0.4, -0.2) is 26.2 Å². The van der Waals surface area contributed by atoms with Crippen molar-refractivity contribution in [3.05, 3.63) is 77.1 Å². The van der Waals surface area contributed by atoms with E-state index in [1.54, 1.807) is 11.8 Å². The first kappa shape index (κ1) is 17.8. The molecule has 0 bridgehead atoms. The molecule has 1 unspecified atom stereocenters. The summed E-state index contributed by atoms with van der Waals surface area (Å²) in [4.78, 5) is 32.6. The molecule has 0 fully saturated rings. The summed E-state index contributed by atoms with van der Waals surface area (Å²) in [5, 5.41) is 9.12. The van der Waals surface area contributed by atoms with Crippen LogP contribution >= 0.6 is 11.8 Å². The van der Waals surface area contributed by atoms with Gasteiger partial charge in [0.1, 0.15) is 0 Å². The van der Waals surface area contributed by atoms with E-state index >= 15 is 0 Å². The van der Waals surface area contributed by atoms with Gasteiger partial charge in [0.15, 0.2) is 5.16 Å². The summed E-state index contributed by atoms with van der Waals surface area (Å²) in [6.07, 6.45) is 0. The van der Waals surface area contributed by atoms with Gasteiger partial charge in [0.25, 0.3) is 5.56 Å². The summed E-state index contributed by atoms with van der Waals surface area (Å²) in [7, 11) is 0. The molecule has 2 N–H and O–H groups in total. The highest BCUT2D eigenvalue weighted by Gasteiger charge is 2.25. The van der Waals surface area contributed by atoms with Crippen molar-refractivity contribution in [2.24, 2.45) is 0 Å². The van der Waals surface area contributed by atoms with Crippen LogP contribution in [0.5, 0.6) is 5.88 Å². The van der Waals surface area contributed by atoms with Gasteiger partial charge in [-0.15, -0.1) is 0 Å². The van der Waals surface area contributed by atoms with Crippen LogP contribution in [0.25, 0.3) is 0 Å². The van der Waals surface area contributed by atoms with Gasteiger partial charge in [-0.05, 0) is 31.2 Å². The van der Waals surface area contributed by atoms with Crippen molar-refractivity contribution in [1.82, 2.24) is 9.97 Å². The third-order valence-electron chi connectivity index (χ3n) is 3.59. The first-order valence-corrected chi connectivity index (χ1v) is 8.83.